The van der Waals surface area contributed by atoms with E-state index in [1.807, 2.05) is 0 Å². The van der Waals surface area contributed by atoms with Gasteiger partial charge in [0, 0.05) is 6.54 Å². The van der Waals surface area contributed by atoms with E-state index in [4.69, 9.17) is 0 Å². The zero-order valence-corrected chi connectivity index (χ0v) is 11.0. The predicted octanol–water partition coefficient (Wildman–Crippen LogP) is 2.99. The molecule has 1 aliphatic heterocycles. The van der Waals surface area contributed by atoms with Crippen LogP contribution in [0.25, 0.3) is 0 Å². The Kier molecular flexibility index (Phi) is 4.12. The molecule has 3 heteroatoms. The number of likely N-dealkylation sites (tertiary alicyclic amines) is 1. The summed E-state index contributed by atoms with van der Waals surface area (Å²) >= 11 is 0. The van der Waals surface area contributed by atoms with E-state index in [1.165, 1.54) is 6.07 Å². The largest absolute Gasteiger partial charge is 0.296 e. The third-order valence-corrected chi connectivity index (χ3v) is 3.79. The Bertz CT molecular complexity index is 430. The molecule has 0 amide bonds. The van der Waals surface area contributed by atoms with Crippen molar-refractivity contribution in [1.82, 2.24) is 4.90 Å². The lowest BCUT2D eigenvalue weighted by Crippen LogP contribution is -2.28. The maximum absolute atomic E-state index is 13.5. The van der Waals surface area contributed by atoms with Gasteiger partial charge in [-0.1, -0.05) is 26.0 Å². The highest BCUT2D eigenvalue weighted by atomic mass is 19.1. The molecule has 98 valence electrons. The average molecular weight is 249 g/mol. The van der Waals surface area contributed by atoms with Crippen LogP contribution >= 0.6 is 0 Å². The Hall–Kier alpha value is -1.22. The number of rotatable bonds is 4. The van der Waals surface area contributed by atoms with Crippen molar-refractivity contribution in [2.45, 2.75) is 20.3 Å². The van der Waals surface area contributed by atoms with Crippen molar-refractivity contribution < 1.29 is 9.18 Å². The molecule has 0 aromatic heterocycles. The normalized spacial score (nSPS) is 20.6. The van der Waals surface area contributed by atoms with Gasteiger partial charge >= 0.3 is 0 Å². The lowest BCUT2D eigenvalue weighted by molar-refractivity contribution is 0.0938. The van der Waals surface area contributed by atoms with Crippen LogP contribution in [-0.4, -0.2) is 30.3 Å². The van der Waals surface area contributed by atoms with Crippen LogP contribution in [0.15, 0.2) is 24.3 Å². The highest BCUT2D eigenvalue weighted by molar-refractivity contribution is 5.97. The number of nitrogens with zero attached hydrogens (tertiary/aromatic N) is 1. The first kappa shape index (κ1) is 13.2. The van der Waals surface area contributed by atoms with Crippen LogP contribution in [0.2, 0.25) is 0 Å². The van der Waals surface area contributed by atoms with Gasteiger partial charge < -0.3 is 0 Å². The smallest absolute Gasteiger partial charge is 0.179 e. The number of carbonyl (C=O) groups excluding carboxylic acids is 1. The molecular weight excluding hydrogens is 229 g/mol. The molecule has 0 saturated carbocycles. The molecular formula is C15H20FNO. The second-order valence-electron chi connectivity index (χ2n) is 5.43. The molecule has 1 saturated heterocycles. The van der Waals surface area contributed by atoms with E-state index >= 15 is 0 Å². The van der Waals surface area contributed by atoms with E-state index in [9.17, 15) is 9.18 Å². The molecule has 2 rings (SSSR count). The Balaban J connectivity index is 1.95. The van der Waals surface area contributed by atoms with Gasteiger partial charge in [-0.2, -0.15) is 0 Å². The number of ketones is 1. The summed E-state index contributed by atoms with van der Waals surface area (Å²) in [6.45, 7) is 6.67. The summed E-state index contributed by atoms with van der Waals surface area (Å²) in [5.74, 6) is 0.789. The fourth-order valence-corrected chi connectivity index (χ4v) is 2.53. The van der Waals surface area contributed by atoms with Gasteiger partial charge in [-0.25, -0.2) is 4.39 Å². The monoisotopic (exact) mass is 249 g/mol. The van der Waals surface area contributed by atoms with Crippen molar-refractivity contribution in [3.05, 3.63) is 35.6 Å². The standard InChI is InChI=1S/C15H20FNO/c1-11(2)12-7-8-17(9-12)10-15(18)13-5-3-4-6-14(13)16/h3-6,11-12H,7-10H2,1-2H3. The minimum atomic E-state index is -0.415. The Morgan fingerprint density at radius 1 is 1.44 bits per heavy atom. The van der Waals surface area contributed by atoms with Crippen LogP contribution < -0.4 is 0 Å². The lowest BCUT2D eigenvalue weighted by Gasteiger charge is -2.17. The van der Waals surface area contributed by atoms with Gasteiger partial charge in [-0.15, -0.1) is 0 Å². The van der Waals surface area contributed by atoms with E-state index in [0.717, 1.165) is 19.5 Å². The zero-order chi connectivity index (χ0) is 13.1. The Labute approximate surface area is 108 Å². The van der Waals surface area contributed by atoms with E-state index < -0.39 is 5.82 Å². The van der Waals surface area contributed by atoms with Gasteiger partial charge in [-0.3, -0.25) is 9.69 Å². The van der Waals surface area contributed by atoms with Crippen molar-refractivity contribution in [1.29, 1.82) is 0 Å². The van der Waals surface area contributed by atoms with Crippen molar-refractivity contribution in [3.63, 3.8) is 0 Å². The summed E-state index contributed by atoms with van der Waals surface area (Å²) in [5.41, 5.74) is 0.213. The van der Waals surface area contributed by atoms with Gasteiger partial charge in [0.2, 0.25) is 0 Å². The van der Waals surface area contributed by atoms with Gasteiger partial charge in [0.25, 0.3) is 0 Å². The fourth-order valence-electron chi connectivity index (χ4n) is 2.53. The van der Waals surface area contributed by atoms with Crippen LogP contribution in [0.5, 0.6) is 0 Å². The third kappa shape index (κ3) is 2.96. The fraction of sp³-hybridized carbons (Fsp3) is 0.533. The van der Waals surface area contributed by atoms with Gasteiger partial charge in [-0.05, 0) is 36.9 Å². The molecule has 0 aliphatic carbocycles. The van der Waals surface area contributed by atoms with Crippen LogP contribution in [-0.2, 0) is 0 Å². The maximum atomic E-state index is 13.5. The molecule has 18 heavy (non-hydrogen) atoms. The van der Waals surface area contributed by atoms with Gasteiger partial charge in [0.15, 0.2) is 5.78 Å². The van der Waals surface area contributed by atoms with Gasteiger partial charge in [0.05, 0.1) is 12.1 Å². The molecule has 1 aliphatic rings. The first-order chi connectivity index (χ1) is 8.58. The summed E-state index contributed by atoms with van der Waals surface area (Å²) in [6, 6.07) is 6.22. The second kappa shape index (κ2) is 5.61. The number of hydrogen-bond donors (Lipinski definition) is 0. The van der Waals surface area contributed by atoms with Crippen molar-refractivity contribution in [3.8, 4) is 0 Å². The van der Waals surface area contributed by atoms with E-state index in [0.29, 0.717) is 18.4 Å². The second-order valence-corrected chi connectivity index (χ2v) is 5.43. The quantitative estimate of drug-likeness (QED) is 0.765. The first-order valence-corrected chi connectivity index (χ1v) is 6.58. The molecule has 0 spiro atoms. The number of halogens is 1. The van der Waals surface area contributed by atoms with E-state index in [1.54, 1.807) is 18.2 Å². The molecule has 1 unspecified atom stereocenters. The number of Topliss-reactive ketones (excluding diaryl/α,β-unsaturated/α-hetero) is 1. The molecule has 0 radical (unpaired) electrons. The summed E-state index contributed by atoms with van der Waals surface area (Å²) in [7, 11) is 0. The van der Waals surface area contributed by atoms with Crippen LogP contribution in [0.1, 0.15) is 30.6 Å². The Morgan fingerprint density at radius 2 is 2.17 bits per heavy atom. The van der Waals surface area contributed by atoms with Crippen LogP contribution in [0, 0.1) is 17.7 Å². The third-order valence-electron chi connectivity index (χ3n) is 3.79. The minimum absolute atomic E-state index is 0.113. The summed E-state index contributed by atoms with van der Waals surface area (Å²) in [5, 5.41) is 0. The van der Waals surface area contributed by atoms with Crippen molar-refractivity contribution in [2.24, 2.45) is 11.8 Å². The van der Waals surface area contributed by atoms with E-state index in [-0.39, 0.29) is 11.3 Å². The van der Waals surface area contributed by atoms with E-state index in [2.05, 4.69) is 18.7 Å². The molecule has 1 fully saturated rings. The average Bonchev–Trinajstić information content (AvgIpc) is 2.78. The number of hydrogen-bond acceptors (Lipinski definition) is 2. The molecule has 0 bridgehead atoms. The highest BCUT2D eigenvalue weighted by Crippen LogP contribution is 2.23. The Morgan fingerprint density at radius 3 is 2.78 bits per heavy atom. The molecule has 0 N–H and O–H groups in total. The molecule has 1 aromatic carbocycles. The number of benzene rings is 1. The van der Waals surface area contributed by atoms with Crippen molar-refractivity contribution >= 4 is 5.78 Å². The maximum Gasteiger partial charge on any atom is 0.179 e. The van der Waals surface area contributed by atoms with Crippen LogP contribution in [0.4, 0.5) is 4.39 Å². The number of carbonyl (C=O) groups is 1. The first-order valence-electron chi connectivity index (χ1n) is 6.58. The summed E-state index contributed by atoms with van der Waals surface area (Å²) in [6.07, 6.45) is 1.14. The molecule has 1 aromatic rings. The summed E-state index contributed by atoms with van der Waals surface area (Å²) in [4.78, 5) is 14.2. The van der Waals surface area contributed by atoms with Crippen molar-refractivity contribution in [2.75, 3.05) is 19.6 Å². The highest BCUT2D eigenvalue weighted by Gasteiger charge is 2.26. The molecule has 2 nitrogen and oxygen atoms in total. The predicted molar refractivity (Wildman–Crippen MR) is 70.1 cm³/mol. The van der Waals surface area contributed by atoms with Crippen LogP contribution in [0.3, 0.4) is 0 Å². The molecule has 1 heterocycles. The SMILES string of the molecule is CC(C)C1CCN(CC(=O)c2ccccc2F)C1. The summed E-state index contributed by atoms with van der Waals surface area (Å²) < 4.78 is 13.5. The topological polar surface area (TPSA) is 20.3 Å². The zero-order valence-electron chi connectivity index (χ0n) is 11.0. The minimum Gasteiger partial charge on any atom is -0.296 e. The van der Waals surface area contributed by atoms with Gasteiger partial charge in [0.1, 0.15) is 5.82 Å². The lowest BCUT2D eigenvalue weighted by atomic mass is 9.95. The molecule has 1 atom stereocenters.